The van der Waals surface area contributed by atoms with Crippen molar-refractivity contribution in [1.29, 1.82) is 0 Å². The van der Waals surface area contributed by atoms with E-state index in [1.54, 1.807) is 0 Å². The Morgan fingerprint density at radius 2 is 2.17 bits per heavy atom. The molecule has 0 amide bonds. The van der Waals surface area contributed by atoms with Crippen LogP contribution in [-0.2, 0) is 4.74 Å². The standard InChI is InChI=1S/C10H21NO/c1-4-5-11-8(2)9-6-10(7-9)12-3/h8-11H,4-7H2,1-3H3. The van der Waals surface area contributed by atoms with Gasteiger partial charge in [0.25, 0.3) is 0 Å². The summed E-state index contributed by atoms with van der Waals surface area (Å²) in [5, 5.41) is 3.52. The first-order chi connectivity index (χ1) is 5.77. The highest BCUT2D eigenvalue weighted by Crippen LogP contribution is 2.32. The fourth-order valence-corrected chi connectivity index (χ4v) is 1.75. The number of hydrogen-bond acceptors (Lipinski definition) is 2. The number of ether oxygens (including phenoxy) is 1. The molecule has 1 unspecified atom stereocenters. The van der Waals surface area contributed by atoms with Gasteiger partial charge in [-0.05, 0) is 38.6 Å². The zero-order chi connectivity index (χ0) is 8.97. The summed E-state index contributed by atoms with van der Waals surface area (Å²) in [5.74, 6) is 0.849. The van der Waals surface area contributed by atoms with Crippen molar-refractivity contribution in [2.45, 2.75) is 45.3 Å². The fraction of sp³-hybridized carbons (Fsp3) is 1.00. The molecule has 1 rings (SSSR count). The van der Waals surface area contributed by atoms with Crippen LogP contribution in [0.5, 0.6) is 0 Å². The Labute approximate surface area is 75.7 Å². The van der Waals surface area contributed by atoms with Crippen molar-refractivity contribution in [3.63, 3.8) is 0 Å². The SMILES string of the molecule is CCCNC(C)C1CC(OC)C1. The Balaban J connectivity index is 2.06. The van der Waals surface area contributed by atoms with Crippen molar-refractivity contribution in [3.8, 4) is 0 Å². The highest BCUT2D eigenvalue weighted by molar-refractivity contribution is 4.86. The van der Waals surface area contributed by atoms with Crippen molar-refractivity contribution in [1.82, 2.24) is 5.32 Å². The molecule has 0 heterocycles. The highest BCUT2D eigenvalue weighted by atomic mass is 16.5. The van der Waals surface area contributed by atoms with E-state index in [4.69, 9.17) is 4.74 Å². The predicted octanol–water partition coefficient (Wildman–Crippen LogP) is 1.80. The largest absolute Gasteiger partial charge is 0.381 e. The summed E-state index contributed by atoms with van der Waals surface area (Å²) in [6, 6.07) is 0.677. The molecule has 0 saturated heterocycles. The number of hydrogen-bond donors (Lipinski definition) is 1. The first-order valence-corrected chi connectivity index (χ1v) is 5.04. The van der Waals surface area contributed by atoms with Crippen molar-refractivity contribution in [2.24, 2.45) is 5.92 Å². The average Bonchev–Trinajstić information content (AvgIpc) is 1.99. The summed E-state index contributed by atoms with van der Waals surface area (Å²) in [5.41, 5.74) is 0. The van der Waals surface area contributed by atoms with E-state index in [2.05, 4.69) is 19.2 Å². The van der Waals surface area contributed by atoms with E-state index in [1.807, 2.05) is 7.11 Å². The molecular formula is C10H21NO. The molecule has 0 aromatic carbocycles. The van der Waals surface area contributed by atoms with Crippen molar-refractivity contribution in [3.05, 3.63) is 0 Å². The van der Waals surface area contributed by atoms with Crippen molar-refractivity contribution >= 4 is 0 Å². The first-order valence-electron chi connectivity index (χ1n) is 5.04. The molecule has 2 nitrogen and oxygen atoms in total. The molecule has 0 aromatic heterocycles. The second-order valence-electron chi connectivity index (χ2n) is 3.83. The van der Waals surface area contributed by atoms with Gasteiger partial charge in [-0.15, -0.1) is 0 Å². The van der Waals surface area contributed by atoms with E-state index >= 15 is 0 Å². The molecule has 72 valence electrons. The van der Waals surface area contributed by atoms with Crippen LogP contribution in [-0.4, -0.2) is 25.8 Å². The van der Waals surface area contributed by atoms with Gasteiger partial charge in [0.2, 0.25) is 0 Å². The molecular weight excluding hydrogens is 150 g/mol. The summed E-state index contributed by atoms with van der Waals surface area (Å²) in [7, 11) is 1.81. The smallest absolute Gasteiger partial charge is 0.0577 e. The maximum absolute atomic E-state index is 5.24. The minimum atomic E-state index is 0.542. The number of rotatable bonds is 5. The molecule has 1 saturated carbocycles. The second-order valence-corrected chi connectivity index (χ2v) is 3.83. The summed E-state index contributed by atoms with van der Waals surface area (Å²) in [4.78, 5) is 0. The third kappa shape index (κ3) is 2.46. The summed E-state index contributed by atoms with van der Waals surface area (Å²) in [6.45, 7) is 5.64. The lowest BCUT2D eigenvalue weighted by Crippen LogP contribution is -2.43. The summed E-state index contributed by atoms with van der Waals surface area (Å²) < 4.78 is 5.24. The molecule has 2 heteroatoms. The molecule has 0 spiro atoms. The predicted molar refractivity (Wildman–Crippen MR) is 51.3 cm³/mol. The van der Waals surface area contributed by atoms with Crippen LogP contribution in [0.15, 0.2) is 0 Å². The molecule has 1 N–H and O–H groups in total. The monoisotopic (exact) mass is 171 g/mol. The second kappa shape index (κ2) is 4.83. The Kier molecular flexibility index (Phi) is 4.02. The number of nitrogens with one attached hydrogen (secondary N) is 1. The fourth-order valence-electron chi connectivity index (χ4n) is 1.75. The third-order valence-electron chi connectivity index (χ3n) is 2.89. The minimum Gasteiger partial charge on any atom is -0.381 e. The van der Waals surface area contributed by atoms with Crippen LogP contribution in [0, 0.1) is 5.92 Å². The number of methoxy groups -OCH3 is 1. The van der Waals surface area contributed by atoms with Crippen LogP contribution in [0.1, 0.15) is 33.1 Å². The molecule has 0 bridgehead atoms. The van der Waals surface area contributed by atoms with Gasteiger partial charge in [0.1, 0.15) is 0 Å². The Bertz CT molecular complexity index is 118. The van der Waals surface area contributed by atoms with Gasteiger partial charge >= 0.3 is 0 Å². The van der Waals surface area contributed by atoms with Crippen molar-refractivity contribution < 1.29 is 4.74 Å². The average molecular weight is 171 g/mol. The van der Waals surface area contributed by atoms with Crippen LogP contribution in [0.25, 0.3) is 0 Å². The van der Waals surface area contributed by atoms with Gasteiger partial charge in [-0.25, -0.2) is 0 Å². The van der Waals surface area contributed by atoms with Crippen LogP contribution in [0.3, 0.4) is 0 Å². The van der Waals surface area contributed by atoms with E-state index in [-0.39, 0.29) is 0 Å². The Morgan fingerprint density at radius 3 is 2.67 bits per heavy atom. The lowest BCUT2D eigenvalue weighted by Gasteiger charge is -2.38. The summed E-state index contributed by atoms with van der Waals surface area (Å²) in [6.07, 6.45) is 4.26. The molecule has 1 aliphatic carbocycles. The van der Waals surface area contributed by atoms with Crippen LogP contribution in [0.2, 0.25) is 0 Å². The van der Waals surface area contributed by atoms with Crippen LogP contribution >= 0.6 is 0 Å². The van der Waals surface area contributed by atoms with E-state index < -0.39 is 0 Å². The lowest BCUT2D eigenvalue weighted by molar-refractivity contribution is -0.00976. The van der Waals surface area contributed by atoms with Gasteiger partial charge in [-0.3, -0.25) is 0 Å². The van der Waals surface area contributed by atoms with Crippen LogP contribution < -0.4 is 5.32 Å². The molecule has 12 heavy (non-hydrogen) atoms. The van der Waals surface area contributed by atoms with E-state index in [1.165, 1.54) is 19.3 Å². The van der Waals surface area contributed by atoms with E-state index in [0.717, 1.165) is 12.5 Å². The van der Waals surface area contributed by atoms with Gasteiger partial charge in [0, 0.05) is 13.2 Å². The van der Waals surface area contributed by atoms with Gasteiger partial charge in [-0.2, -0.15) is 0 Å². The van der Waals surface area contributed by atoms with Gasteiger partial charge in [-0.1, -0.05) is 6.92 Å². The molecule has 0 aliphatic heterocycles. The first kappa shape index (κ1) is 10.0. The topological polar surface area (TPSA) is 21.3 Å². The lowest BCUT2D eigenvalue weighted by atomic mass is 9.78. The van der Waals surface area contributed by atoms with Gasteiger partial charge in [0.15, 0.2) is 0 Å². The van der Waals surface area contributed by atoms with E-state index in [9.17, 15) is 0 Å². The third-order valence-corrected chi connectivity index (χ3v) is 2.89. The zero-order valence-corrected chi connectivity index (χ0v) is 8.47. The van der Waals surface area contributed by atoms with E-state index in [0.29, 0.717) is 12.1 Å². The molecule has 0 aromatic rings. The van der Waals surface area contributed by atoms with Crippen molar-refractivity contribution in [2.75, 3.05) is 13.7 Å². The van der Waals surface area contributed by atoms with Gasteiger partial charge < -0.3 is 10.1 Å². The normalized spacial score (nSPS) is 31.2. The summed E-state index contributed by atoms with van der Waals surface area (Å²) >= 11 is 0. The maximum atomic E-state index is 5.24. The molecule has 1 fully saturated rings. The highest BCUT2D eigenvalue weighted by Gasteiger charge is 2.32. The molecule has 0 radical (unpaired) electrons. The molecule has 1 atom stereocenters. The minimum absolute atomic E-state index is 0.542. The quantitative estimate of drug-likeness (QED) is 0.681. The Morgan fingerprint density at radius 1 is 1.50 bits per heavy atom. The Hall–Kier alpha value is -0.0800. The maximum Gasteiger partial charge on any atom is 0.0577 e. The zero-order valence-electron chi connectivity index (χ0n) is 8.47. The van der Waals surface area contributed by atoms with Crippen LogP contribution in [0.4, 0.5) is 0 Å². The molecule has 1 aliphatic rings. The van der Waals surface area contributed by atoms with Gasteiger partial charge in [0.05, 0.1) is 6.10 Å².